The zero-order valence-corrected chi connectivity index (χ0v) is 10.6. The number of rotatable bonds is 4. The molecule has 2 rings (SSSR count). The number of hydrogen-bond donors (Lipinski definition) is 2. The topological polar surface area (TPSA) is 66.4 Å². The molecule has 17 heavy (non-hydrogen) atoms. The van der Waals surface area contributed by atoms with E-state index in [1.807, 2.05) is 0 Å². The molecule has 0 aromatic heterocycles. The van der Waals surface area contributed by atoms with Crippen LogP contribution < -0.4 is 5.32 Å². The highest BCUT2D eigenvalue weighted by atomic mass is 16.4. The van der Waals surface area contributed by atoms with Crippen molar-refractivity contribution in [3.63, 3.8) is 0 Å². The van der Waals surface area contributed by atoms with Crippen molar-refractivity contribution in [2.24, 2.45) is 16.7 Å². The summed E-state index contributed by atoms with van der Waals surface area (Å²) >= 11 is 0. The van der Waals surface area contributed by atoms with Crippen LogP contribution >= 0.6 is 0 Å². The van der Waals surface area contributed by atoms with Crippen molar-refractivity contribution >= 4 is 11.9 Å². The van der Waals surface area contributed by atoms with E-state index in [-0.39, 0.29) is 23.8 Å². The van der Waals surface area contributed by atoms with Gasteiger partial charge in [0.25, 0.3) is 0 Å². The first-order valence-corrected chi connectivity index (χ1v) is 6.39. The van der Waals surface area contributed by atoms with E-state index < -0.39 is 11.4 Å². The first-order valence-electron chi connectivity index (χ1n) is 6.39. The zero-order valence-electron chi connectivity index (χ0n) is 10.6. The van der Waals surface area contributed by atoms with Crippen LogP contribution in [-0.2, 0) is 9.59 Å². The third-order valence-corrected chi connectivity index (χ3v) is 4.39. The number of hydrogen-bond acceptors (Lipinski definition) is 2. The summed E-state index contributed by atoms with van der Waals surface area (Å²) in [7, 11) is 0. The molecule has 2 N–H and O–H groups in total. The number of carboxylic acid groups (broad SMARTS) is 1. The highest BCUT2D eigenvalue weighted by molar-refractivity contribution is 5.83. The van der Waals surface area contributed by atoms with Gasteiger partial charge in [0, 0.05) is 12.5 Å². The standard InChI is InChI=1S/C13H21NO3/c1-12(2,11(16)17)8-14-10(15)9-7-13(9)5-3-4-6-13/h9H,3-8H2,1-2H3,(H,14,15)(H,16,17). The summed E-state index contributed by atoms with van der Waals surface area (Å²) in [5, 5.41) is 11.8. The molecule has 0 aromatic rings. The minimum absolute atomic E-state index is 0.0567. The number of aliphatic carboxylic acids is 1. The maximum absolute atomic E-state index is 11.9. The average molecular weight is 239 g/mol. The van der Waals surface area contributed by atoms with Gasteiger partial charge in [-0.25, -0.2) is 0 Å². The molecule has 2 aliphatic rings. The van der Waals surface area contributed by atoms with Crippen molar-refractivity contribution < 1.29 is 14.7 Å². The van der Waals surface area contributed by atoms with E-state index in [1.54, 1.807) is 13.8 Å². The van der Waals surface area contributed by atoms with E-state index in [9.17, 15) is 9.59 Å². The van der Waals surface area contributed by atoms with Crippen molar-refractivity contribution in [1.29, 1.82) is 0 Å². The van der Waals surface area contributed by atoms with E-state index >= 15 is 0 Å². The van der Waals surface area contributed by atoms with Crippen LogP contribution in [0.15, 0.2) is 0 Å². The average Bonchev–Trinajstić information content (AvgIpc) is 2.73. The van der Waals surface area contributed by atoms with E-state index in [2.05, 4.69) is 5.32 Å². The molecule has 96 valence electrons. The predicted molar refractivity (Wildman–Crippen MR) is 63.4 cm³/mol. The SMILES string of the molecule is CC(C)(CNC(=O)C1CC12CCCC2)C(=O)O. The van der Waals surface area contributed by atoms with Crippen LogP contribution in [0.4, 0.5) is 0 Å². The second-order valence-electron chi connectivity index (χ2n) is 6.23. The molecule has 0 bridgehead atoms. The van der Waals surface area contributed by atoms with Gasteiger partial charge in [0.05, 0.1) is 5.41 Å². The van der Waals surface area contributed by atoms with E-state index in [4.69, 9.17) is 5.11 Å². The minimum Gasteiger partial charge on any atom is -0.481 e. The summed E-state index contributed by atoms with van der Waals surface area (Å²) in [6.07, 6.45) is 5.84. The Morgan fingerprint density at radius 3 is 2.47 bits per heavy atom. The molecule has 0 aliphatic heterocycles. The third-order valence-electron chi connectivity index (χ3n) is 4.39. The van der Waals surface area contributed by atoms with Crippen LogP contribution in [0.5, 0.6) is 0 Å². The molecule has 0 aromatic carbocycles. The van der Waals surface area contributed by atoms with Gasteiger partial charge in [-0.1, -0.05) is 12.8 Å². The smallest absolute Gasteiger partial charge is 0.310 e. The summed E-state index contributed by atoms with van der Waals surface area (Å²) in [6.45, 7) is 3.48. The van der Waals surface area contributed by atoms with Crippen molar-refractivity contribution in [1.82, 2.24) is 5.32 Å². The molecule has 2 fully saturated rings. The summed E-state index contributed by atoms with van der Waals surface area (Å²) in [5.74, 6) is -0.667. The molecule has 4 heteroatoms. The highest BCUT2D eigenvalue weighted by Crippen LogP contribution is 2.62. The lowest BCUT2D eigenvalue weighted by Crippen LogP contribution is -2.40. The van der Waals surface area contributed by atoms with Gasteiger partial charge in [-0.15, -0.1) is 0 Å². The normalized spacial score (nSPS) is 25.9. The van der Waals surface area contributed by atoms with Crippen LogP contribution in [0.1, 0.15) is 46.0 Å². The number of carbonyl (C=O) groups is 2. The number of carbonyl (C=O) groups excluding carboxylic acids is 1. The Bertz CT molecular complexity index is 343. The van der Waals surface area contributed by atoms with Gasteiger partial charge in [-0.05, 0) is 38.5 Å². The van der Waals surface area contributed by atoms with Gasteiger partial charge < -0.3 is 10.4 Å². The number of amides is 1. The Balaban J connectivity index is 1.81. The van der Waals surface area contributed by atoms with E-state index in [0.29, 0.717) is 0 Å². The van der Waals surface area contributed by atoms with Gasteiger partial charge in [0.15, 0.2) is 0 Å². The molecule has 1 atom stereocenters. The summed E-state index contributed by atoms with van der Waals surface area (Å²) in [4.78, 5) is 22.8. The van der Waals surface area contributed by atoms with E-state index in [0.717, 1.165) is 6.42 Å². The highest BCUT2D eigenvalue weighted by Gasteiger charge is 2.58. The van der Waals surface area contributed by atoms with Crippen molar-refractivity contribution in [2.75, 3.05) is 6.54 Å². The molecule has 1 spiro atoms. The minimum atomic E-state index is -0.882. The molecule has 0 heterocycles. The Labute approximate surface area is 102 Å². The molecule has 0 saturated heterocycles. The largest absolute Gasteiger partial charge is 0.481 e. The summed E-state index contributed by atoms with van der Waals surface area (Å²) in [5.41, 5.74) is -0.592. The summed E-state index contributed by atoms with van der Waals surface area (Å²) < 4.78 is 0. The third kappa shape index (κ3) is 2.31. The lowest BCUT2D eigenvalue weighted by atomic mass is 9.93. The monoisotopic (exact) mass is 239 g/mol. The fourth-order valence-corrected chi connectivity index (χ4v) is 2.86. The Kier molecular flexibility index (Phi) is 2.92. The Hall–Kier alpha value is -1.06. The number of carboxylic acids is 1. The van der Waals surface area contributed by atoms with Crippen LogP contribution in [-0.4, -0.2) is 23.5 Å². The summed E-state index contributed by atoms with van der Waals surface area (Å²) in [6, 6.07) is 0. The van der Waals surface area contributed by atoms with Crippen LogP contribution in [0, 0.1) is 16.7 Å². The number of nitrogens with one attached hydrogen (secondary N) is 1. The maximum Gasteiger partial charge on any atom is 0.310 e. The van der Waals surface area contributed by atoms with Crippen molar-refractivity contribution in [3.05, 3.63) is 0 Å². The fraction of sp³-hybridized carbons (Fsp3) is 0.846. The molecule has 2 aliphatic carbocycles. The van der Waals surface area contributed by atoms with Gasteiger partial charge in [-0.2, -0.15) is 0 Å². The van der Waals surface area contributed by atoms with E-state index in [1.165, 1.54) is 25.7 Å². The van der Waals surface area contributed by atoms with Gasteiger partial charge in [0.2, 0.25) is 5.91 Å². The van der Waals surface area contributed by atoms with Gasteiger partial charge in [0.1, 0.15) is 0 Å². The fourth-order valence-electron chi connectivity index (χ4n) is 2.86. The quantitative estimate of drug-likeness (QED) is 0.786. The molecule has 1 amide bonds. The molecule has 2 saturated carbocycles. The Morgan fingerprint density at radius 2 is 1.94 bits per heavy atom. The molecule has 1 unspecified atom stereocenters. The molecular weight excluding hydrogens is 218 g/mol. The second-order valence-corrected chi connectivity index (χ2v) is 6.23. The van der Waals surface area contributed by atoms with Crippen molar-refractivity contribution in [2.45, 2.75) is 46.0 Å². The van der Waals surface area contributed by atoms with Crippen LogP contribution in [0.3, 0.4) is 0 Å². The molecular formula is C13H21NO3. The zero-order chi connectivity index (χ0) is 12.7. The Morgan fingerprint density at radius 1 is 1.35 bits per heavy atom. The predicted octanol–water partition coefficient (Wildman–Crippen LogP) is 1.79. The maximum atomic E-state index is 11.9. The first-order chi connectivity index (χ1) is 7.87. The van der Waals surface area contributed by atoms with Crippen molar-refractivity contribution in [3.8, 4) is 0 Å². The first kappa shape index (κ1) is 12.4. The molecule has 0 radical (unpaired) electrons. The second kappa shape index (κ2) is 4.00. The van der Waals surface area contributed by atoms with Gasteiger partial charge >= 0.3 is 5.97 Å². The van der Waals surface area contributed by atoms with Crippen LogP contribution in [0.2, 0.25) is 0 Å². The molecule has 4 nitrogen and oxygen atoms in total. The van der Waals surface area contributed by atoms with Crippen LogP contribution in [0.25, 0.3) is 0 Å². The van der Waals surface area contributed by atoms with Gasteiger partial charge in [-0.3, -0.25) is 9.59 Å². The lowest BCUT2D eigenvalue weighted by molar-refractivity contribution is -0.146. The lowest BCUT2D eigenvalue weighted by Gasteiger charge is -2.20.